The first-order chi connectivity index (χ1) is 11.1. The summed E-state index contributed by atoms with van der Waals surface area (Å²) in [6, 6.07) is 5.13. The summed E-state index contributed by atoms with van der Waals surface area (Å²) in [7, 11) is -2.22. The second-order valence-corrected chi connectivity index (χ2v) is 7.73. The molecular formula is C17H27NO5S. The topological polar surface area (TPSA) is 72.9 Å². The maximum Gasteiger partial charge on any atom is 0.306 e. The molecule has 0 fully saturated rings. The molecule has 0 bridgehead atoms. The van der Waals surface area contributed by atoms with E-state index in [4.69, 9.17) is 8.92 Å². The van der Waals surface area contributed by atoms with Crippen LogP contribution in [-0.2, 0) is 21.5 Å². The normalized spacial score (nSPS) is 12.8. The summed E-state index contributed by atoms with van der Waals surface area (Å²) in [4.78, 5) is 14.3. The van der Waals surface area contributed by atoms with E-state index in [1.54, 1.807) is 23.1 Å². The molecule has 0 aliphatic rings. The number of nitrogens with zero attached hydrogens (tertiary/aromatic N) is 1. The molecule has 1 aromatic rings. The standard InChI is InChI=1S/C17H27NO5S/c1-7-13(4)18(17(19)12(2)3)11-14-8-9-15(22-5)16(10-14)23-24(6,20)21/h8-10,12-13H,7,11H2,1-6H3/t13-/m0/s1. The van der Waals surface area contributed by atoms with Gasteiger partial charge in [-0.25, -0.2) is 0 Å². The smallest absolute Gasteiger partial charge is 0.306 e. The number of benzene rings is 1. The summed E-state index contributed by atoms with van der Waals surface area (Å²) in [5, 5.41) is 0. The van der Waals surface area contributed by atoms with E-state index in [0.717, 1.165) is 18.2 Å². The van der Waals surface area contributed by atoms with E-state index in [1.807, 2.05) is 27.7 Å². The number of amides is 1. The predicted molar refractivity (Wildman–Crippen MR) is 93.6 cm³/mol. The third-order valence-corrected chi connectivity index (χ3v) is 4.20. The van der Waals surface area contributed by atoms with Crippen LogP contribution in [0, 0.1) is 5.92 Å². The zero-order valence-electron chi connectivity index (χ0n) is 15.2. The van der Waals surface area contributed by atoms with E-state index in [9.17, 15) is 13.2 Å². The Morgan fingerprint density at radius 3 is 2.29 bits per heavy atom. The Morgan fingerprint density at radius 1 is 1.21 bits per heavy atom. The lowest BCUT2D eigenvalue weighted by Gasteiger charge is -2.30. The van der Waals surface area contributed by atoms with Crippen LogP contribution in [0.25, 0.3) is 0 Å². The van der Waals surface area contributed by atoms with Gasteiger partial charge in [0.2, 0.25) is 5.91 Å². The van der Waals surface area contributed by atoms with Crippen molar-refractivity contribution in [1.29, 1.82) is 0 Å². The van der Waals surface area contributed by atoms with Crippen molar-refractivity contribution in [3.05, 3.63) is 23.8 Å². The zero-order valence-corrected chi connectivity index (χ0v) is 16.0. The molecule has 24 heavy (non-hydrogen) atoms. The first kappa shape index (κ1) is 20.3. The Balaban J connectivity index is 3.15. The molecule has 6 nitrogen and oxygen atoms in total. The maximum atomic E-state index is 12.5. The molecule has 0 saturated heterocycles. The van der Waals surface area contributed by atoms with Gasteiger partial charge in [0.15, 0.2) is 11.5 Å². The van der Waals surface area contributed by atoms with Gasteiger partial charge in [0.25, 0.3) is 0 Å². The van der Waals surface area contributed by atoms with E-state index in [1.165, 1.54) is 7.11 Å². The number of carbonyl (C=O) groups excluding carboxylic acids is 1. The Morgan fingerprint density at radius 2 is 1.83 bits per heavy atom. The molecule has 0 spiro atoms. The van der Waals surface area contributed by atoms with Crippen molar-refractivity contribution in [1.82, 2.24) is 4.90 Å². The molecule has 0 heterocycles. The summed E-state index contributed by atoms with van der Waals surface area (Å²) < 4.78 is 32.9. The highest BCUT2D eigenvalue weighted by atomic mass is 32.2. The van der Waals surface area contributed by atoms with E-state index in [2.05, 4.69) is 0 Å². The highest BCUT2D eigenvalue weighted by Gasteiger charge is 2.22. The molecule has 1 rings (SSSR count). The summed E-state index contributed by atoms with van der Waals surface area (Å²) in [6.45, 7) is 8.14. The van der Waals surface area contributed by atoms with E-state index in [0.29, 0.717) is 12.3 Å². The van der Waals surface area contributed by atoms with Gasteiger partial charge < -0.3 is 13.8 Å². The van der Waals surface area contributed by atoms with E-state index < -0.39 is 10.1 Å². The summed E-state index contributed by atoms with van der Waals surface area (Å²) in [5.74, 6) is 0.405. The molecule has 0 aromatic heterocycles. The van der Waals surface area contributed by atoms with Crippen molar-refractivity contribution < 1.29 is 22.1 Å². The minimum Gasteiger partial charge on any atom is -0.493 e. The van der Waals surface area contributed by atoms with Crippen molar-refractivity contribution in [2.75, 3.05) is 13.4 Å². The summed E-state index contributed by atoms with van der Waals surface area (Å²) in [6.07, 6.45) is 1.81. The van der Waals surface area contributed by atoms with Crippen LogP contribution in [0.15, 0.2) is 18.2 Å². The van der Waals surface area contributed by atoms with Crippen molar-refractivity contribution in [3.63, 3.8) is 0 Å². The van der Waals surface area contributed by atoms with E-state index >= 15 is 0 Å². The molecular weight excluding hydrogens is 330 g/mol. The van der Waals surface area contributed by atoms with Gasteiger partial charge in [-0.15, -0.1) is 0 Å². The zero-order chi connectivity index (χ0) is 18.5. The number of methoxy groups -OCH3 is 1. The van der Waals surface area contributed by atoms with Gasteiger partial charge in [0.05, 0.1) is 13.4 Å². The largest absolute Gasteiger partial charge is 0.493 e. The average Bonchev–Trinajstić information content (AvgIpc) is 2.49. The molecule has 1 amide bonds. The Kier molecular flexibility index (Phi) is 7.08. The van der Waals surface area contributed by atoms with Crippen LogP contribution in [0.5, 0.6) is 11.5 Å². The first-order valence-corrected chi connectivity index (χ1v) is 9.77. The second-order valence-electron chi connectivity index (χ2n) is 6.15. The predicted octanol–water partition coefficient (Wildman–Crippen LogP) is 2.82. The first-order valence-electron chi connectivity index (χ1n) is 7.95. The Labute approximate surface area is 144 Å². The highest BCUT2D eigenvalue weighted by Crippen LogP contribution is 2.30. The highest BCUT2D eigenvalue weighted by molar-refractivity contribution is 7.86. The lowest BCUT2D eigenvalue weighted by Crippen LogP contribution is -2.40. The van der Waals surface area contributed by atoms with Gasteiger partial charge in [-0.1, -0.05) is 26.8 Å². The van der Waals surface area contributed by atoms with E-state index in [-0.39, 0.29) is 23.6 Å². The average molecular weight is 357 g/mol. The van der Waals surface area contributed by atoms with Crippen molar-refractivity contribution >= 4 is 16.0 Å². The van der Waals surface area contributed by atoms with Gasteiger partial charge >= 0.3 is 10.1 Å². The fraction of sp³-hybridized carbons (Fsp3) is 0.588. The SMILES string of the molecule is CC[C@H](C)N(Cc1ccc(OC)c(OS(C)(=O)=O)c1)C(=O)C(C)C. The van der Waals surface area contributed by atoms with Gasteiger partial charge in [-0.2, -0.15) is 8.42 Å². The van der Waals surface area contributed by atoms with Crippen LogP contribution in [-0.4, -0.2) is 38.6 Å². The van der Waals surface area contributed by atoms with Crippen LogP contribution < -0.4 is 8.92 Å². The minimum atomic E-state index is -3.67. The Bertz CT molecular complexity index is 670. The van der Waals surface area contributed by atoms with Crippen molar-refractivity contribution in [2.45, 2.75) is 46.7 Å². The monoisotopic (exact) mass is 357 g/mol. The van der Waals surface area contributed by atoms with Crippen molar-refractivity contribution in [3.8, 4) is 11.5 Å². The van der Waals surface area contributed by atoms with Gasteiger partial charge in [0, 0.05) is 18.5 Å². The quantitative estimate of drug-likeness (QED) is 0.669. The number of ether oxygens (including phenoxy) is 1. The molecule has 136 valence electrons. The third kappa shape index (κ3) is 5.70. The molecule has 0 aliphatic heterocycles. The third-order valence-electron chi connectivity index (χ3n) is 3.72. The van der Waals surface area contributed by atoms with Crippen LogP contribution >= 0.6 is 0 Å². The van der Waals surface area contributed by atoms with Gasteiger partial charge in [-0.3, -0.25) is 4.79 Å². The molecule has 0 saturated carbocycles. The van der Waals surface area contributed by atoms with Crippen LogP contribution in [0.1, 0.15) is 39.7 Å². The molecule has 1 aromatic carbocycles. The number of hydrogen-bond donors (Lipinski definition) is 0. The number of hydrogen-bond acceptors (Lipinski definition) is 5. The van der Waals surface area contributed by atoms with Gasteiger partial charge in [0.1, 0.15) is 0 Å². The molecule has 0 N–H and O–H groups in total. The molecule has 0 aliphatic carbocycles. The van der Waals surface area contributed by atoms with Crippen LogP contribution in [0.4, 0.5) is 0 Å². The lowest BCUT2D eigenvalue weighted by molar-refractivity contribution is -0.137. The van der Waals surface area contributed by atoms with Crippen molar-refractivity contribution in [2.24, 2.45) is 5.92 Å². The second kappa shape index (κ2) is 8.37. The maximum absolute atomic E-state index is 12.5. The lowest BCUT2D eigenvalue weighted by atomic mass is 10.1. The molecule has 0 unspecified atom stereocenters. The number of carbonyl (C=O) groups is 1. The Hall–Kier alpha value is -1.76. The number of rotatable bonds is 8. The fourth-order valence-electron chi connectivity index (χ4n) is 2.25. The minimum absolute atomic E-state index is 0.0609. The van der Waals surface area contributed by atoms with Crippen LogP contribution in [0.3, 0.4) is 0 Å². The molecule has 7 heteroatoms. The fourth-order valence-corrected chi connectivity index (χ4v) is 2.70. The van der Waals surface area contributed by atoms with Gasteiger partial charge in [-0.05, 0) is 31.0 Å². The summed E-state index contributed by atoms with van der Waals surface area (Å²) in [5.41, 5.74) is 0.781. The molecule has 1 atom stereocenters. The van der Waals surface area contributed by atoms with Crippen LogP contribution in [0.2, 0.25) is 0 Å². The molecule has 0 radical (unpaired) electrons. The summed E-state index contributed by atoms with van der Waals surface area (Å²) >= 11 is 0.